The van der Waals surface area contributed by atoms with Crippen LogP contribution in [0.3, 0.4) is 0 Å². The van der Waals surface area contributed by atoms with Crippen LogP contribution in [0.15, 0.2) is 18.2 Å². The number of hydrogen-bond acceptors (Lipinski definition) is 4. The Morgan fingerprint density at radius 1 is 1.53 bits per heavy atom. The van der Waals surface area contributed by atoms with Gasteiger partial charge in [-0.3, -0.25) is 9.59 Å². The van der Waals surface area contributed by atoms with Crippen LogP contribution in [-0.4, -0.2) is 47.9 Å². The first-order valence-corrected chi connectivity index (χ1v) is 6.47. The molecule has 1 aromatic rings. The molecule has 0 radical (unpaired) electrons. The number of carbonyl (C=O) groups is 2. The first-order valence-electron chi connectivity index (χ1n) is 6.47. The maximum atomic E-state index is 12.2. The molecule has 2 N–H and O–H groups in total. The molecule has 2 rings (SSSR count). The van der Waals surface area contributed by atoms with Gasteiger partial charge in [-0.1, -0.05) is 13.0 Å². The molecule has 0 saturated carbocycles. The molecule has 6 heteroatoms. The van der Waals surface area contributed by atoms with Gasteiger partial charge in [0.25, 0.3) is 5.91 Å². The number of pyridine rings is 1. The fourth-order valence-corrected chi connectivity index (χ4v) is 1.88. The first kappa shape index (κ1) is 13.3. The molecule has 0 atom stereocenters. The van der Waals surface area contributed by atoms with E-state index in [9.17, 15) is 9.59 Å². The number of nitrogens with one attached hydrogen (secondary N) is 2. The summed E-state index contributed by atoms with van der Waals surface area (Å²) >= 11 is 0. The van der Waals surface area contributed by atoms with Crippen molar-refractivity contribution in [3.63, 3.8) is 0 Å². The summed E-state index contributed by atoms with van der Waals surface area (Å²) in [4.78, 5) is 29.3. The van der Waals surface area contributed by atoms with Crippen LogP contribution >= 0.6 is 0 Å². The minimum atomic E-state index is -0.199. The van der Waals surface area contributed by atoms with Crippen LogP contribution in [0.2, 0.25) is 0 Å². The van der Waals surface area contributed by atoms with E-state index >= 15 is 0 Å². The topological polar surface area (TPSA) is 74.3 Å². The summed E-state index contributed by atoms with van der Waals surface area (Å²) in [5.74, 6) is 0.365. The minimum Gasteiger partial charge on any atom is -0.370 e. The predicted octanol–water partition coefficient (Wildman–Crippen LogP) is 0.475. The van der Waals surface area contributed by atoms with Crippen LogP contribution in [0.1, 0.15) is 23.8 Å². The first-order chi connectivity index (χ1) is 9.20. The smallest absolute Gasteiger partial charge is 0.273 e. The number of hydrogen-bond donors (Lipinski definition) is 2. The lowest BCUT2D eigenvalue weighted by atomic mass is 10.2. The van der Waals surface area contributed by atoms with Gasteiger partial charge in [-0.25, -0.2) is 4.98 Å². The Morgan fingerprint density at radius 2 is 2.37 bits per heavy atom. The van der Waals surface area contributed by atoms with E-state index in [2.05, 4.69) is 22.5 Å². The summed E-state index contributed by atoms with van der Waals surface area (Å²) in [6.07, 6.45) is 0.992. The molecule has 0 bridgehead atoms. The summed E-state index contributed by atoms with van der Waals surface area (Å²) < 4.78 is 0. The van der Waals surface area contributed by atoms with Crippen molar-refractivity contribution in [3.05, 3.63) is 23.9 Å². The van der Waals surface area contributed by atoms with Gasteiger partial charge < -0.3 is 15.5 Å². The molecule has 1 aliphatic heterocycles. The number of aromatic nitrogens is 1. The highest BCUT2D eigenvalue weighted by molar-refractivity contribution is 5.95. The van der Waals surface area contributed by atoms with Crippen LogP contribution in [-0.2, 0) is 4.79 Å². The SMILES string of the molecule is CCCNc1cccc(C(=O)N2CCNC(=O)C2)n1. The van der Waals surface area contributed by atoms with Gasteiger partial charge in [0.1, 0.15) is 11.5 Å². The van der Waals surface area contributed by atoms with Gasteiger partial charge in [-0.15, -0.1) is 0 Å². The van der Waals surface area contributed by atoms with Gasteiger partial charge in [-0.05, 0) is 18.6 Å². The molecule has 0 aliphatic carbocycles. The molecule has 1 aromatic heterocycles. The number of carbonyl (C=O) groups excluding carboxylic acids is 2. The molecule has 0 aromatic carbocycles. The van der Waals surface area contributed by atoms with Crippen LogP contribution in [0, 0.1) is 0 Å². The van der Waals surface area contributed by atoms with Crippen molar-refractivity contribution in [2.45, 2.75) is 13.3 Å². The Balaban J connectivity index is 2.07. The summed E-state index contributed by atoms with van der Waals surface area (Å²) in [6, 6.07) is 5.30. The Hall–Kier alpha value is -2.11. The zero-order valence-electron chi connectivity index (χ0n) is 11.0. The largest absolute Gasteiger partial charge is 0.370 e. The van der Waals surface area contributed by atoms with E-state index in [0.717, 1.165) is 13.0 Å². The average Bonchev–Trinajstić information content (AvgIpc) is 2.44. The number of rotatable bonds is 4. The van der Waals surface area contributed by atoms with E-state index in [1.54, 1.807) is 12.1 Å². The maximum absolute atomic E-state index is 12.2. The van der Waals surface area contributed by atoms with E-state index in [4.69, 9.17) is 0 Å². The van der Waals surface area contributed by atoms with Gasteiger partial charge in [0, 0.05) is 19.6 Å². The molecule has 102 valence electrons. The van der Waals surface area contributed by atoms with Gasteiger partial charge >= 0.3 is 0 Å². The van der Waals surface area contributed by atoms with Gasteiger partial charge in [0.2, 0.25) is 5.91 Å². The van der Waals surface area contributed by atoms with Crippen molar-refractivity contribution >= 4 is 17.6 Å². The second-order valence-corrected chi connectivity index (χ2v) is 4.41. The molecule has 0 spiro atoms. The fourth-order valence-electron chi connectivity index (χ4n) is 1.88. The Labute approximate surface area is 112 Å². The number of anilines is 1. The van der Waals surface area contributed by atoms with E-state index in [0.29, 0.717) is 24.6 Å². The van der Waals surface area contributed by atoms with Gasteiger partial charge in [0.15, 0.2) is 0 Å². The molecule has 1 aliphatic rings. The van der Waals surface area contributed by atoms with Crippen LogP contribution in [0.4, 0.5) is 5.82 Å². The van der Waals surface area contributed by atoms with E-state index < -0.39 is 0 Å². The second-order valence-electron chi connectivity index (χ2n) is 4.41. The molecular formula is C13H18N4O2. The van der Waals surface area contributed by atoms with Crippen LogP contribution in [0.25, 0.3) is 0 Å². The maximum Gasteiger partial charge on any atom is 0.273 e. The highest BCUT2D eigenvalue weighted by Crippen LogP contribution is 2.08. The second kappa shape index (κ2) is 6.17. The fraction of sp³-hybridized carbons (Fsp3) is 0.462. The number of nitrogens with zero attached hydrogens (tertiary/aromatic N) is 2. The lowest BCUT2D eigenvalue weighted by molar-refractivity contribution is -0.123. The van der Waals surface area contributed by atoms with E-state index in [1.807, 2.05) is 6.07 Å². The predicted molar refractivity (Wildman–Crippen MR) is 71.9 cm³/mol. The van der Waals surface area contributed by atoms with Crippen LogP contribution < -0.4 is 10.6 Å². The van der Waals surface area contributed by atoms with E-state index in [-0.39, 0.29) is 18.4 Å². The standard InChI is InChI=1S/C13H18N4O2/c1-2-6-14-11-5-3-4-10(16-11)13(19)17-8-7-15-12(18)9-17/h3-5H,2,6-9H2,1H3,(H,14,16)(H,15,18). The van der Waals surface area contributed by atoms with Crippen molar-refractivity contribution in [3.8, 4) is 0 Å². The third-order valence-corrected chi connectivity index (χ3v) is 2.85. The summed E-state index contributed by atoms with van der Waals surface area (Å²) in [6.45, 7) is 4.01. The molecule has 19 heavy (non-hydrogen) atoms. The lowest BCUT2D eigenvalue weighted by Gasteiger charge is -2.26. The normalized spacial score (nSPS) is 15.0. The zero-order valence-corrected chi connectivity index (χ0v) is 11.0. The summed E-state index contributed by atoms with van der Waals surface area (Å²) in [5, 5.41) is 5.83. The molecule has 0 unspecified atom stereocenters. The van der Waals surface area contributed by atoms with Crippen molar-refractivity contribution in [2.24, 2.45) is 0 Å². The van der Waals surface area contributed by atoms with Gasteiger partial charge in [0.05, 0.1) is 6.54 Å². The van der Waals surface area contributed by atoms with E-state index in [1.165, 1.54) is 4.90 Å². The Morgan fingerprint density at radius 3 is 3.11 bits per heavy atom. The molecule has 1 saturated heterocycles. The van der Waals surface area contributed by atoms with Crippen molar-refractivity contribution in [1.29, 1.82) is 0 Å². The molecule has 1 fully saturated rings. The lowest BCUT2D eigenvalue weighted by Crippen LogP contribution is -2.50. The highest BCUT2D eigenvalue weighted by Gasteiger charge is 2.23. The highest BCUT2D eigenvalue weighted by atomic mass is 16.2. The molecular weight excluding hydrogens is 244 g/mol. The molecule has 2 amide bonds. The van der Waals surface area contributed by atoms with Crippen molar-refractivity contribution in [1.82, 2.24) is 15.2 Å². The monoisotopic (exact) mass is 262 g/mol. The Kier molecular flexibility index (Phi) is 4.33. The van der Waals surface area contributed by atoms with Crippen LogP contribution in [0.5, 0.6) is 0 Å². The molecule has 2 heterocycles. The Bertz CT molecular complexity index is 475. The van der Waals surface area contributed by atoms with Gasteiger partial charge in [-0.2, -0.15) is 0 Å². The number of piperazine rings is 1. The average molecular weight is 262 g/mol. The zero-order chi connectivity index (χ0) is 13.7. The third-order valence-electron chi connectivity index (χ3n) is 2.85. The molecule has 6 nitrogen and oxygen atoms in total. The minimum absolute atomic E-state index is 0.104. The van der Waals surface area contributed by atoms with Crippen molar-refractivity contribution in [2.75, 3.05) is 31.5 Å². The quantitative estimate of drug-likeness (QED) is 0.827. The number of amides is 2. The van der Waals surface area contributed by atoms with Crippen molar-refractivity contribution < 1.29 is 9.59 Å². The third kappa shape index (κ3) is 3.43. The summed E-state index contributed by atoms with van der Waals surface area (Å²) in [7, 11) is 0. The summed E-state index contributed by atoms with van der Waals surface area (Å²) in [5.41, 5.74) is 0.371.